The smallest absolute Gasteiger partial charge is 0.0670 e. The van der Waals surface area contributed by atoms with Gasteiger partial charge < -0.3 is 5.11 Å². The molecule has 2 aliphatic heterocycles. The van der Waals surface area contributed by atoms with Crippen LogP contribution >= 0.6 is 0 Å². The van der Waals surface area contributed by atoms with Crippen molar-refractivity contribution in [2.45, 2.75) is 67.5 Å². The zero-order valence-corrected chi connectivity index (χ0v) is 10.7. The van der Waals surface area contributed by atoms with Crippen LogP contribution in [-0.4, -0.2) is 25.4 Å². The fraction of sp³-hybridized carbons (Fsp3) is 0.846. The second-order valence-electron chi connectivity index (χ2n) is 5.32. The summed E-state index contributed by atoms with van der Waals surface area (Å²) < 4.78 is 11.8. The molecule has 2 saturated heterocycles. The molecule has 0 aromatic carbocycles. The van der Waals surface area contributed by atoms with Gasteiger partial charge in [0.05, 0.1) is 5.60 Å². The molecular formula is C13H22O2S. The molecule has 0 aromatic rings. The Kier molecular flexibility index (Phi) is 3.85. The molecule has 0 spiro atoms. The summed E-state index contributed by atoms with van der Waals surface area (Å²) in [6.45, 7) is 3.70. The van der Waals surface area contributed by atoms with Crippen molar-refractivity contribution in [1.82, 2.24) is 0 Å². The minimum absolute atomic E-state index is 0.281. The lowest BCUT2D eigenvalue weighted by Crippen LogP contribution is -2.42. The lowest BCUT2D eigenvalue weighted by Gasteiger charge is -2.36. The Balaban J connectivity index is 1.85. The molecule has 0 saturated carbocycles. The SMILES string of the molecule is C=CCCCCC1(O)CC2CCC(C1)S2=O. The Morgan fingerprint density at radius 3 is 2.50 bits per heavy atom. The summed E-state index contributed by atoms with van der Waals surface area (Å²) in [5.41, 5.74) is -0.513. The van der Waals surface area contributed by atoms with Crippen LogP contribution in [0.4, 0.5) is 0 Å². The van der Waals surface area contributed by atoms with Crippen LogP contribution in [0, 0.1) is 0 Å². The second kappa shape index (κ2) is 5.01. The van der Waals surface area contributed by atoms with E-state index in [9.17, 15) is 9.32 Å². The molecule has 92 valence electrons. The van der Waals surface area contributed by atoms with Crippen molar-refractivity contribution in [2.24, 2.45) is 0 Å². The van der Waals surface area contributed by atoms with Gasteiger partial charge in [-0.2, -0.15) is 0 Å². The number of allylic oxidation sites excluding steroid dienone is 1. The summed E-state index contributed by atoms with van der Waals surface area (Å²) >= 11 is 0. The van der Waals surface area contributed by atoms with E-state index in [0.29, 0.717) is 0 Å². The van der Waals surface area contributed by atoms with E-state index in [1.807, 2.05) is 6.08 Å². The molecule has 0 radical (unpaired) electrons. The molecule has 2 rings (SSSR count). The van der Waals surface area contributed by atoms with Gasteiger partial charge in [0.25, 0.3) is 0 Å². The summed E-state index contributed by atoms with van der Waals surface area (Å²) in [6, 6.07) is 0. The fourth-order valence-electron chi connectivity index (χ4n) is 3.12. The third kappa shape index (κ3) is 2.57. The number of rotatable bonds is 5. The molecule has 0 aliphatic carbocycles. The Morgan fingerprint density at radius 1 is 1.31 bits per heavy atom. The van der Waals surface area contributed by atoms with Crippen molar-refractivity contribution in [3.63, 3.8) is 0 Å². The Morgan fingerprint density at radius 2 is 1.94 bits per heavy atom. The number of unbranched alkanes of at least 4 members (excludes halogenated alkanes) is 2. The predicted molar refractivity (Wildman–Crippen MR) is 67.8 cm³/mol. The van der Waals surface area contributed by atoms with Crippen molar-refractivity contribution >= 4 is 10.8 Å². The molecule has 16 heavy (non-hydrogen) atoms. The van der Waals surface area contributed by atoms with Gasteiger partial charge in [-0.15, -0.1) is 6.58 Å². The average molecular weight is 242 g/mol. The maximum absolute atomic E-state index is 11.8. The van der Waals surface area contributed by atoms with E-state index in [1.54, 1.807) is 0 Å². The van der Waals surface area contributed by atoms with E-state index in [-0.39, 0.29) is 10.5 Å². The normalized spacial score (nSPS) is 42.2. The predicted octanol–water partition coefficient (Wildman–Crippen LogP) is 2.54. The quantitative estimate of drug-likeness (QED) is 0.594. The van der Waals surface area contributed by atoms with E-state index in [1.165, 1.54) is 0 Å². The number of hydrogen-bond acceptors (Lipinski definition) is 2. The Bertz CT molecular complexity index is 272. The number of aliphatic hydroxyl groups is 1. The van der Waals surface area contributed by atoms with Crippen LogP contribution < -0.4 is 0 Å². The first kappa shape index (κ1) is 12.3. The van der Waals surface area contributed by atoms with Crippen molar-refractivity contribution in [3.8, 4) is 0 Å². The van der Waals surface area contributed by atoms with Gasteiger partial charge >= 0.3 is 0 Å². The van der Waals surface area contributed by atoms with Gasteiger partial charge in [0.2, 0.25) is 0 Å². The van der Waals surface area contributed by atoms with Gasteiger partial charge in [0.15, 0.2) is 0 Å². The van der Waals surface area contributed by atoms with E-state index < -0.39 is 16.4 Å². The molecule has 2 atom stereocenters. The Labute approximate surface area is 101 Å². The van der Waals surface area contributed by atoms with Crippen LogP contribution in [0.15, 0.2) is 12.7 Å². The van der Waals surface area contributed by atoms with Gasteiger partial charge in [0, 0.05) is 21.3 Å². The first-order valence-electron chi connectivity index (χ1n) is 6.37. The molecule has 2 nitrogen and oxygen atoms in total. The molecule has 2 heterocycles. The summed E-state index contributed by atoms with van der Waals surface area (Å²) in [7, 11) is -0.650. The van der Waals surface area contributed by atoms with Gasteiger partial charge in [-0.05, 0) is 44.9 Å². The van der Waals surface area contributed by atoms with Crippen LogP contribution in [0.25, 0.3) is 0 Å². The average Bonchev–Trinajstić information content (AvgIpc) is 2.51. The maximum atomic E-state index is 11.8. The summed E-state index contributed by atoms with van der Waals surface area (Å²) in [5, 5.41) is 11.1. The highest BCUT2D eigenvalue weighted by Gasteiger charge is 2.46. The highest BCUT2D eigenvalue weighted by atomic mass is 32.2. The number of hydrogen-bond donors (Lipinski definition) is 1. The van der Waals surface area contributed by atoms with Crippen LogP contribution in [-0.2, 0) is 10.8 Å². The van der Waals surface area contributed by atoms with Crippen molar-refractivity contribution in [3.05, 3.63) is 12.7 Å². The lowest BCUT2D eigenvalue weighted by atomic mass is 9.88. The van der Waals surface area contributed by atoms with Gasteiger partial charge in [-0.1, -0.05) is 12.5 Å². The summed E-state index contributed by atoms with van der Waals surface area (Å²) in [6.07, 6.45) is 9.69. The molecule has 1 N–H and O–H groups in total. The maximum Gasteiger partial charge on any atom is 0.0670 e. The van der Waals surface area contributed by atoms with Crippen molar-refractivity contribution in [1.29, 1.82) is 0 Å². The largest absolute Gasteiger partial charge is 0.390 e. The minimum Gasteiger partial charge on any atom is -0.390 e. The van der Waals surface area contributed by atoms with E-state index in [0.717, 1.165) is 51.4 Å². The third-order valence-corrected chi connectivity index (χ3v) is 6.10. The highest BCUT2D eigenvalue weighted by molar-refractivity contribution is 7.86. The van der Waals surface area contributed by atoms with Gasteiger partial charge in [-0.3, -0.25) is 4.21 Å². The topological polar surface area (TPSA) is 37.3 Å². The minimum atomic E-state index is -0.650. The van der Waals surface area contributed by atoms with Gasteiger partial charge in [-0.25, -0.2) is 0 Å². The van der Waals surface area contributed by atoms with Gasteiger partial charge in [0.1, 0.15) is 0 Å². The zero-order valence-electron chi connectivity index (χ0n) is 9.86. The third-order valence-electron chi connectivity index (χ3n) is 3.98. The molecule has 2 bridgehead atoms. The lowest BCUT2D eigenvalue weighted by molar-refractivity contribution is 0.0121. The monoisotopic (exact) mass is 242 g/mol. The molecule has 2 aliphatic rings. The van der Waals surface area contributed by atoms with Crippen LogP contribution in [0.2, 0.25) is 0 Å². The van der Waals surface area contributed by atoms with E-state index in [2.05, 4.69) is 6.58 Å². The number of fused-ring (bicyclic) bond motifs is 2. The van der Waals surface area contributed by atoms with Crippen LogP contribution in [0.1, 0.15) is 51.4 Å². The highest BCUT2D eigenvalue weighted by Crippen LogP contribution is 2.42. The molecular weight excluding hydrogens is 220 g/mol. The van der Waals surface area contributed by atoms with Crippen LogP contribution in [0.3, 0.4) is 0 Å². The van der Waals surface area contributed by atoms with E-state index >= 15 is 0 Å². The molecule has 0 aromatic heterocycles. The molecule has 2 fully saturated rings. The molecule has 2 unspecified atom stereocenters. The second-order valence-corrected chi connectivity index (χ2v) is 7.31. The fourth-order valence-corrected chi connectivity index (χ4v) is 5.35. The molecule has 0 amide bonds. The standard InChI is InChI=1S/C13H22O2S/c1-2-3-4-5-8-13(14)9-11-6-7-12(10-13)16(11)15/h2,11-12,14H,1,3-10H2. The summed E-state index contributed by atoms with van der Waals surface area (Å²) in [4.78, 5) is 0. The molecule has 3 heteroatoms. The first-order chi connectivity index (χ1) is 7.64. The first-order valence-corrected chi connectivity index (χ1v) is 7.65. The van der Waals surface area contributed by atoms with Crippen LogP contribution in [0.5, 0.6) is 0 Å². The van der Waals surface area contributed by atoms with E-state index in [4.69, 9.17) is 0 Å². The summed E-state index contributed by atoms with van der Waals surface area (Å²) in [5.74, 6) is 0. The van der Waals surface area contributed by atoms with Crippen molar-refractivity contribution < 1.29 is 9.32 Å². The zero-order chi connectivity index (χ0) is 11.6. The Hall–Kier alpha value is -0.150. The van der Waals surface area contributed by atoms with Crippen molar-refractivity contribution in [2.75, 3.05) is 0 Å².